The predicted molar refractivity (Wildman–Crippen MR) is 165 cm³/mol. The second-order valence-electron chi connectivity index (χ2n) is 11.3. The third kappa shape index (κ3) is 5.72. The van der Waals surface area contributed by atoms with Crippen molar-refractivity contribution in [3.05, 3.63) is 133 Å². The highest BCUT2D eigenvalue weighted by Crippen LogP contribution is 2.51. The van der Waals surface area contributed by atoms with Crippen LogP contribution in [0.25, 0.3) is 11.0 Å². The second-order valence-corrected chi connectivity index (χ2v) is 11.3. The first-order valence-corrected chi connectivity index (χ1v) is 14.9. The van der Waals surface area contributed by atoms with Crippen molar-refractivity contribution in [2.45, 2.75) is 50.1 Å². The summed E-state index contributed by atoms with van der Waals surface area (Å²) in [5, 5.41) is 11.6. The van der Waals surface area contributed by atoms with Crippen LogP contribution in [-0.4, -0.2) is 31.5 Å². The van der Waals surface area contributed by atoms with Gasteiger partial charge in [-0.1, -0.05) is 36.4 Å². The first-order chi connectivity index (χ1) is 21.9. The van der Waals surface area contributed by atoms with Gasteiger partial charge in [-0.3, -0.25) is 9.59 Å². The molecule has 1 fully saturated rings. The molecule has 3 heterocycles. The third-order valence-electron chi connectivity index (χ3n) is 8.41. The number of epoxide rings is 1. The van der Waals surface area contributed by atoms with E-state index in [0.717, 1.165) is 17.5 Å². The summed E-state index contributed by atoms with van der Waals surface area (Å²) in [4.78, 5) is 26.0. The Kier molecular flexibility index (Phi) is 7.64. The Hall–Kier alpha value is -4.86. The minimum atomic E-state index is -1.06. The summed E-state index contributed by atoms with van der Waals surface area (Å²) in [6.45, 7) is 0. The number of aliphatic hydroxyl groups excluding tert-OH is 1. The maximum absolute atomic E-state index is 13.4. The highest BCUT2D eigenvalue weighted by atomic mass is 16.6. The lowest BCUT2D eigenvalue weighted by Gasteiger charge is -2.28. The van der Waals surface area contributed by atoms with Crippen LogP contribution in [0.4, 0.5) is 0 Å². The molecule has 0 unspecified atom stereocenters. The number of hydrogen-bond donors (Lipinski definition) is 1. The fraction of sp³-hybridized carbons (Fsp3) is 0.278. The first kappa shape index (κ1) is 28.9. The van der Waals surface area contributed by atoms with Gasteiger partial charge in [-0.15, -0.1) is 0 Å². The van der Waals surface area contributed by atoms with Crippen LogP contribution in [0.15, 0.2) is 97.3 Å². The van der Waals surface area contributed by atoms with E-state index in [1.807, 2.05) is 42.5 Å². The van der Waals surface area contributed by atoms with Crippen LogP contribution in [-0.2, 0) is 30.4 Å². The number of aryl methyl sites for hydroxylation is 4. The highest BCUT2D eigenvalue weighted by molar-refractivity contribution is 5.78. The van der Waals surface area contributed by atoms with Crippen LogP contribution in [0.5, 0.6) is 17.2 Å². The van der Waals surface area contributed by atoms with Gasteiger partial charge in [0.15, 0.2) is 28.5 Å². The van der Waals surface area contributed by atoms with Gasteiger partial charge in [0, 0.05) is 31.0 Å². The lowest BCUT2D eigenvalue weighted by atomic mass is 9.91. The minimum absolute atomic E-state index is 0.115. The Morgan fingerprint density at radius 3 is 2.27 bits per heavy atom. The fourth-order valence-corrected chi connectivity index (χ4v) is 5.97. The van der Waals surface area contributed by atoms with Crippen molar-refractivity contribution >= 4 is 11.0 Å². The molecule has 0 saturated carbocycles. The number of benzene rings is 3. The van der Waals surface area contributed by atoms with Crippen LogP contribution in [0, 0.1) is 0 Å². The molecular weight excluding hydrogens is 576 g/mol. The van der Waals surface area contributed by atoms with Gasteiger partial charge < -0.3 is 32.9 Å². The number of methoxy groups -OCH3 is 2. The van der Waals surface area contributed by atoms with E-state index in [9.17, 15) is 14.7 Å². The molecule has 1 aliphatic carbocycles. The molecule has 1 saturated heterocycles. The van der Waals surface area contributed by atoms with Crippen molar-refractivity contribution in [1.82, 2.24) is 0 Å². The SMILES string of the molecule is COc1ccc2c(=O)cc(CCc3ccc(O[C@@H]4c5c(oc(CCc6ccccc6)cc5=O)[C@@H]5O[C@@H]5[C@@H]4O)c(OC)c3)oc2c1. The third-order valence-corrected chi connectivity index (χ3v) is 8.41. The molecule has 0 amide bonds. The summed E-state index contributed by atoms with van der Waals surface area (Å²) in [5.74, 6) is 2.95. The van der Waals surface area contributed by atoms with Gasteiger partial charge in [0.05, 0.1) is 25.2 Å². The Morgan fingerprint density at radius 1 is 0.733 bits per heavy atom. The zero-order valence-electron chi connectivity index (χ0n) is 24.9. The molecule has 3 aromatic carbocycles. The van der Waals surface area contributed by atoms with Crippen LogP contribution in [0.3, 0.4) is 0 Å². The van der Waals surface area contributed by atoms with Gasteiger partial charge in [-0.25, -0.2) is 0 Å². The van der Waals surface area contributed by atoms with Crippen LogP contribution >= 0.6 is 0 Å². The normalized spacial score (nSPS) is 19.9. The lowest BCUT2D eigenvalue weighted by molar-refractivity contribution is 0.0117. The molecule has 4 atom stereocenters. The Bertz CT molecular complexity index is 1980. The van der Waals surface area contributed by atoms with Gasteiger partial charge in [0.25, 0.3) is 0 Å². The zero-order chi connectivity index (χ0) is 31.1. The van der Waals surface area contributed by atoms with Gasteiger partial charge in [-0.05, 0) is 48.2 Å². The average molecular weight is 609 g/mol. The summed E-state index contributed by atoms with van der Waals surface area (Å²) in [7, 11) is 3.09. The largest absolute Gasteiger partial charge is 0.497 e. The number of hydrogen-bond acceptors (Lipinski definition) is 9. The molecule has 0 bridgehead atoms. The molecule has 9 heteroatoms. The van der Waals surface area contributed by atoms with Crippen molar-refractivity contribution in [1.29, 1.82) is 0 Å². The Labute approximate surface area is 258 Å². The number of aliphatic hydroxyl groups is 1. The smallest absolute Gasteiger partial charge is 0.192 e. The number of fused-ring (bicyclic) bond motifs is 4. The van der Waals surface area contributed by atoms with Gasteiger partial charge >= 0.3 is 0 Å². The second kappa shape index (κ2) is 11.9. The molecular formula is C36H32O9. The van der Waals surface area contributed by atoms with Crippen LogP contribution < -0.4 is 25.1 Å². The molecule has 1 aliphatic heterocycles. The van der Waals surface area contributed by atoms with E-state index in [0.29, 0.717) is 64.8 Å². The van der Waals surface area contributed by atoms with Gasteiger partial charge in [0.1, 0.15) is 46.9 Å². The topological polar surface area (TPSA) is 121 Å². The maximum atomic E-state index is 13.4. The molecule has 2 aliphatic rings. The van der Waals surface area contributed by atoms with E-state index in [1.165, 1.54) is 19.2 Å². The van der Waals surface area contributed by atoms with E-state index in [1.54, 1.807) is 31.4 Å². The summed E-state index contributed by atoms with van der Waals surface area (Å²) in [6.07, 6.45) is -0.705. The maximum Gasteiger partial charge on any atom is 0.192 e. The van der Waals surface area contributed by atoms with Crippen LogP contribution in [0.1, 0.15) is 46.2 Å². The fourth-order valence-electron chi connectivity index (χ4n) is 5.97. The van der Waals surface area contributed by atoms with Crippen molar-refractivity contribution in [3.8, 4) is 17.2 Å². The van der Waals surface area contributed by atoms with E-state index in [-0.39, 0.29) is 16.4 Å². The van der Waals surface area contributed by atoms with Crippen molar-refractivity contribution in [3.63, 3.8) is 0 Å². The highest BCUT2D eigenvalue weighted by Gasteiger charge is 2.58. The summed E-state index contributed by atoms with van der Waals surface area (Å²) < 4.78 is 35.1. The molecule has 9 nitrogen and oxygen atoms in total. The standard InChI is InChI=1S/C36H32O9/c1-40-22-13-14-25-26(37)17-23(42-29(25)19-22)12-9-21-10-15-28(30(16-21)41-2)44-33-31-27(38)18-24(11-8-20-6-4-3-5-7-20)43-34(31)36-35(45-36)32(33)39/h3-7,10,13-19,32-33,35-36,39H,8-9,11-12H2,1-2H3/t32-,33-,35-,36+/m1/s1. The monoisotopic (exact) mass is 608 g/mol. The quantitative estimate of drug-likeness (QED) is 0.212. The predicted octanol–water partition coefficient (Wildman–Crippen LogP) is 5.27. The number of rotatable bonds is 10. The van der Waals surface area contributed by atoms with Gasteiger partial charge in [-0.2, -0.15) is 0 Å². The van der Waals surface area contributed by atoms with Crippen molar-refractivity contribution < 1.29 is 32.9 Å². The number of ether oxygens (including phenoxy) is 4. The van der Waals surface area contributed by atoms with Crippen LogP contribution in [0.2, 0.25) is 0 Å². The molecule has 45 heavy (non-hydrogen) atoms. The van der Waals surface area contributed by atoms with Crippen molar-refractivity contribution in [2.75, 3.05) is 14.2 Å². The molecule has 1 N–H and O–H groups in total. The molecule has 5 aromatic rings. The lowest BCUT2D eigenvalue weighted by Crippen LogP contribution is -2.36. The summed E-state index contributed by atoms with van der Waals surface area (Å²) in [6, 6.07) is 23.6. The molecule has 0 spiro atoms. The Morgan fingerprint density at radius 2 is 1.49 bits per heavy atom. The van der Waals surface area contributed by atoms with E-state index < -0.39 is 24.4 Å². The van der Waals surface area contributed by atoms with E-state index >= 15 is 0 Å². The first-order valence-electron chi connectivity index (χ1n) is 14.9. The molecule has 2 aromatic heterocycles. The van der Waals surface area contributed by atoms with Crippen molar-refractivity contribution in [2.24, 2.45) is 0 Å². The summed E-state index contributed by atoms with van der Waals surface area (Å²) >= 11 is 0. The molecule has 7 rings (SSSR count). The summed E-state index contributed by atoms with van der Waals surface area (Å²) in [5.41, 5.74) is 2.43. The van der Waals surface area contributed by atoms with E-state index in [2.05, 4.69) is 0 Å². The molecule has 230 valence electrons. The molecule has 0 radical (unpaired) electrons. The average Bonchev–Trinajstić information content (AvgIpc) is 3.87. The Balaban J connectivity index is 1.10. The minimum Gasteiger partial charge on any atom is -0.497 e. The zero-order valence-corrected chi connectivity index (χ0v) is 24.9. The van der Waals surface area contributed by atoms with Gasteiger partial charge in [0.2, 0.25) is 0 Å². The van der Waals surface area contributed by atoms with E-state index in [4.69, 9.17) is 27.8 Å².